The minimum Gasteiger partial charge on any atom is -0.284 e. The zero-order chi connectivity index (χ0) is 13.2. The van der Waals surface area contributed by atoms with Crippen LogP contribution in [0.3, 0.4) is 0 Å². The molecule has 16 heavy (non-hydrogen) atoms. The van der Waals surface area contributed by atoms with Crippen molar-refractivity contribution in [2.24, 2.45) is 0 Å². The lowest BCUT2D eigenvalue weighted by Crippen LogP contribution is -2.09. The van der Waals surface area contributed by atoms with Gasteiger partial charge in [-0.2, -0.15) is 0 Å². The third-order valence-electron chi connectivity index (χ3n) is 1.35. The highest BCUT2D eigenvalue weighted by atomic mass is 32.2. The highest BCUT2D eigenvalue weighted by molar-refractivity contribution is 7.92. The Balaban J connectivity index is 0. The molecular weight excluding hydrogens is 222 g/mol. The molecule has 0 heterocycles. The van der Waals surface area contributed by atoms with E-state index in [-0.39, 0.29) is 0 Å². The van der Waals surface area contributed by atoms with Crippen LogP contribution in [0.15, 0.2) is 24.3 Å². The summed E-state index contributed by atoms with van der Waals surface area (Å²) in [5.74, 6) is 0. The fourth-order valence-electron chi connectivity index (χ4n) is 0.836. The van der Waals surface area contributed by atoms with Gasteiger partial charge >= 0.3 is 0 Å². The molecule has 0 amide bonds. The number of benzene rings is 1. The molecule has 0 aliphatic heterocycles. The molecule has 0 spiro atoms. The number of rotatable bonds is 2. The molecule has 0 aromatic heterocycles. The molecule has 0 atom stereocenters. The van der Waals surface area contributed by atoms with Crippen molar-refractivity contribution in [2.75, 3.05) is 11.0 Å². The summed E-state index contributed by atoms with van der Waals surface area (Å²) in [5.41, 5.74) is 1.71. The number of hydrogen-bond acceptors (Lipinski definition) is 2. The maximum atomic E-state index is 10.8. The van der Waals surface area contributed by atoms with Gasteiger partial charge in [0.05, 0.1) is 6.26 Å². The van der Waals surface area contributed by atoms with Gasteiger partial charge in [0.25, 0.3) is 0 Å². The molecule has 1 aromatic rings. The van der Waals surface area contributed by atoms with Crippen LogP contribution in [0.4, 0.5) is 5.69 Å². The molecule has 1 rings (SSSR count). The van der Waals surface area contributed by atoms with Crippen molar-refractivity contribution in [1.82, 2.24) is 0 Å². The average Bonchev–Trinajstić information content (AvgIpc) is 2.25. The van der Waals surface area contributed by atoms with Gasteiger partial charge in [-0.1, -0.05) is 45.4 Å². The second-order valence-electron chi connectivity index (χ2n) is 2.74. The van der Waals surface area contributed by atoms with Crippen LogP contribution in [-0.2, 0) is 10.0 Å². The molecule has 0 fully saturated rings. The van der Waals surface area contributed by atoms with E-state index in [0.29, 0.717) is 5.69 Å². The van der Waals surface area contributed by atoms with Crippen molar-refractivity contribution in [3.63, 3.8) is 0 Å². The van der Waals surface area contributed by atoms with Crippen molar-refractivity contribution < 1.29 is 8.42 Å². The molecule has 0 aliphatic rings. The molecule has 0 radical (unpaired) electrons. The first kappa shape index (κ1) is 17.4. The topological polar surface area (TPSA) is 46.2 Å². The Morgan fingerprint density at radius 2 is 1.31 bits per heavy atom. The summed E-state index contributed by atoms with van der Waals surface area (Å²) in [7, 11) is -3.14. The van der Waals surface area contributed by atoms with Crippen LogP contribution in [0.5, 0.6) is 0 Å². The second kappa shape index (κ2) is 9.21. The molecular formula is C12H23NO2S. The number of hydrogen-bond donors (Lipinski definition) is 1. The molecule has 4 heteroatoms. The highest BCUT2D eigenvalue weighted by Crippen LogP contribution is 2.09. The summed E-state index contributed by atoms with van der Waals surface area (Å²) in [6.07, 6.45) is 1.13. The second-order valence-corrected chi connectivity index (χ2v) is 4.49. The van der Waals surface area contributed by atoms with E-state index >= 15 is 0 Å². The monoisotopic (exact) mass is 245 g/mol. The fourth-order valence-corrected chi connectivity index (χ4v) is 1.40. The zero-order valence-corrected chi connectivity index (χ0v) is 11.9. The summed E-state index contributed by atoms with van der Waals surface area (Å²) in [4.78, 5) is 0. The maximum absolute atomic E-state index is 10.8. The highest BCUT2D eigenvalue weighted by Gasteiger charge is 1.99. The predicted octanol–water partition coefficient (Wildman–Crippen LogP) is 3.42. The van der Waals surface area contributed by atoms with Gasteiger partial charge in [0.15, 0.2) is 0 Å². The van der Waals surface area contributed by atoms with E-state index < -0.39 is 10.0 Å². The zero-order valence-electron chi connectivity index (χ0n) is 11.0. The molecule has 1 N–H and O–H groups in total. The molecule has 0 saturated carbocycles. The van der Waals surface area contributed by atoms with Crippen LogP contribution >= 0.6 is 0 Å². The first-order valence-corrected chi connectivity index (χ1v) is 7.41. The SMILES string of the molecule is CC.CC.Cc1ccc(NS(C)(=O)=O)cc1. The number of sulfonamides is 1. The van der Waals surface area contributed by atoms with Gasteiger partial charge in [0.2, 0.25) is 10.0 Å². The van der Waals surface area contributed by atoms with Gasteiger partial charge in [-0.25, -0.2) is 8.42 Å². The van der Waals surface area contributed by atoms with Gasteiger partial charge in [-0.3, -0.25) is 4.72 Å². The third kappa shape index (κ3) is 9.52. The van der Waals surface area contributed by atoms with Crippen LogP contribution in [0.25, 0.3) is 0 Å². The Labute approximate surface area is 99.9 Å². The molecule has 94 valence electrons. The van der Waals surface area contributed by atoms with Gasteiger partial charge in [-0.05, 0) is 19.1 Å². The van der Waals surface area contributed by atoms with Gasteiger partial charge in [-0.15, -0.1) is 0 Å². The lowest BCUT2D eigenvalue weighted by Gasteiger charge is -2.02. The van der Waals surface area contributed by atoms with E-state index in [2.05, 4.69) is 4.72 Å². The molecule has 0 aliphatic carbocycles. The fraction of sp³-hybridized carbons (Fsp3) is 0.500. The third-order valence-corrected chi connectivity index (χ3v) is 1.96. The van der Waals surface area contributed by atoms with E-state index in [1.54, 1.807) is 12.1 Å². The standard InChI is InChI=1S/C8H11NO2S.2C2H6/c1-7-3-5-8(6-4-7)9-12(2,10)11;2*1-2/h3-6,9H,1-2H3;2*1-2H3. The molecule has 0 unspecified atom stereocenters. The van der Waals surface area contributed by atoms with Crippen molar-refractivity contribution in [2.45, 2.75) is 34.6 Å². The summed E-state index contributed by atoms with van der Waals surface area (Å²) >= 11 is 0. The summed E-state index contributed by atoms with van der Waals surface area (Å²) in [6, 6.07) is 7.17. The van der Waals surface area contributed by atoms with E-state index in [4.69, 9.17) is 0 Å². The molecule has 0 saturated heterocycles. The van der Waals surface area contributed by atoms with E-state index in [1.807, 2.05) is 46.8 Å². The number of aryl methyl sites for hydroxylation is 1. The largest absolute Gasteiger partial charge is 0.284 e. The quantitative estimate of drug-likeness (QED) is 0.867. The van der Waals surface area contributed by atoms with Crippen LogP contribution in [0, 0.1) is 6.92 Å². The minimum absolute atomic E-state index is 0.600. The van der Waals surface area contributed by atoms with Crippen molar-refractivity contribution in [1.29, 1.82) is 0 Å². The molecule has 3 nitrogen and oxygen atoms in total. The first-order chi connectivity index (χ1) is 7.47. The van der Waals surface area contributed by atoms with Crippen molar-refractivity contribution >= 4 is 15.7 Å². The summed E-state index contributed by atoms with van der Waals surface area (Å²) in [5, 5.41) is 0. The van der Waals surface area contributed by atoms with Crippen molar-refractivity contribution in [3.8, 4) is 0 Å². The van der Waals surface area contributed by atoms with E-state index in [0.717, 1.165) is 11.8 Å². The Morgan fingerprint density at radius 3 is 1.62 bits per heavy atom. The van der Waals surface area contributed by atoms with Gasteiger partial charge in [0.1, 0.15) is 0 Å². The Bertz CT molecular complexity index is 355. The molecule has 0 bridgehead atoms. The van der Waals surface area contributed by atoms with E-state index in [9.17, 15) is 8.42 Å². The maximum Gasteiger partial charge on any atom is 0.229 e. The van der Waals surface area contributed by atoms with Crippen LogP contribution in [-0.4, -0.2) is 14.7 Å². The normalized spacial score (nSPS) is 9.12. The van der Waals surface area contributed by atoms with Crippen LogP contribution in [0.1, 0.15) is 33.3 Å². The molecule has 1 aromatic carbocycles. The lowest BCUT2D eigenvalue weighted by atomic mass is 10.2. The van der Waals surface area contributed by atoms with E-state index in [1.165, 1.54) is 0 Å². The van der Waals surface area contributed by atoms with Crippen LogP contribution < -0.4 is 4.72 Å². The summed E-state index contributed by atoms with van der Waals surface area (Å²) < 4.78 is 23.9. The Hall–Kier alpha value is -1.03. The minimum atomic E-state index is -3.14. The number of nitrogens with one attached hydrogen (secondary N) is 1. The van der Waals surface area contributed by atoms with Gasteiger partial charge < -0.3 is 0 Å². The summed E-state index contributed by atoms with van der Waals surface area (Å²) in [6.45, 7) is 9.95. The van der Waals surface area contributed by atoms with Crippen molar-refractivity contribution in [3.05, 3.63) is 29.8 Å². The first-order valence-electron chi connectivity index (χ1n) is 5.52. The lowest BCUT2D eigenvalue weighted by molar-refractivity contribution is 0.607. The average molecular weight is 245 g/mol. The Morgan fingerprint density at radius 1 is 0.938 bits per heavy atom. The smallest absolute Gasteiger partial charge is 0.229 e. The number of anilines is 1. The predicted molar refractivity (Wildman–Crippen MR) is 72.3 cm³/mol. The van der Waals surface area contributed by atoms with Crippen LogP contribution in [0.2, 0.25) is 0 Å². The Kier molecular flexibility index (Phi) is 10.0. The van der Waals surface area contributed by atoms with Gasteiger partial charge in [0, 0.05) is 5.69 Å².